The van der Waals surface area contributed by atoms with Crippen molar-refractivity contribution < 1.29 is 14.9 Å². The molecule has 1 aliphatic heterocycles. The minimum atomic E-state index is -1.29. The quantitative estimate of drug-likeness (QED) is 0.415. The van der Waals surface area contributed by atoms with Crippen molar-refractivity contribution in [1.82, 2.24) is 9.55 Å². The highest BCUT2D eigenvalue weighted by Gasteiger charge is 2.75. The van der Waals surface area contributed by atoms with Gasteiger partial charge >= 0.3 is 5.69 Å². The Balaban J connectivity index is 1.98. The highest BCUT2D eigenvalue weighted by atomic mass is 127. The number of fused-ring (bicyclic) bond motifs is 1. The molecule has 0 bridgehead atoms. The number of aliphatic hydroxyl groups excluding tert-OH is 1. The largest absolute Gasteiger partial charge is 0.385 e. The molecule has 1 aromatic heterocycles. The van der Waals surface area contributed by atoms with E-state index in [0.29, 0.717) is 0 Å². The van der Waals surface area contributed by atoms with Gasteiger partial charge in [0.25, 0.3) is 5.56 Å². The van der Waals surface area contributed by atoms with Gasteiger partial charge in [0.1, 0.15) is 17.8 Å². The van der Waals surface area contributed by atoms with Crippen molar-refractivity contribution in [2.45, 2.75) is 28.0 Å². The molecule has 1 aliphatic carbocycles. The Labute approximate surface area is 108 Å². The molecule has 5 atom stereocenters. The van der Waals surface area contributed by atoms with E-state index >= 15 is 0 Å². The Morgan fingerprint density at radius 1 is 1.53 bits per heavy atom. The van der Waals surface area contributed by atoms with E-state index in [9.17, 15) is 19.8 Å². The summed E-state index contributed by atoms with van der Waals surface area (Å²) in [6.07, 6.45) is -1.37. The fraction of sp³-hybridized carbons (Fsp3) is 0.556. The van der Waals surface area contributed by atoms with E-state index < -0.39 is 35.3 Å². The summed E-state index contributed by atoms with van der Waals surface area (Å²) in [5.41, 5.74) is -2.48. The predicted molar refractivity (Wildman–Crippen MR) is 64.0 cm³/mol. The zero-order chi connectivity index (χ0) is 12.4. The van der Waals surface area contributed by atoms with Crippen LogP contribution in [-0.4, -0.2) is 41.5 Å². The van der Waals surface area contributed by atoms with Crippen molar-refractivity contribution in [3.8, 4) is 0 Å². The first kappa shape index (κ1) is 11.4. The zero-order valence-electron chi connectivity index (χ0n) is 8.41. The van der Waals surface area contributed by atoms with Crippen molar-refractivity contribution in [2.24, 2.45) is 0 Å². The van der Waals surface area contributed by atoms with Crippen molar-refractivity contribution in [2.75, 3.05) is 0 Å². The maximum Gasteiger partial charge on any atom is 0.330 e. The summed E-state index contributed by atoms with van der Waals surface area (Å²) in [7, 11) is 0. The van der Waals surface area contributed by atoms with Crippen LogP contribution in [0, 0.1) is 0 Å². The van der Waals surface area contributed by atoms with Gasteiger partial charge in [-0.2, -0.15) is 0 Å². The molecule has 7 nitrogen and oxygen atoms in total. The number of hydrogen-bond acceptors (Lipinski definition) is 5. The molecule has 92 valence electrons. The van der Waals surface area contributed by atoms with Gasteiger partial charge in [0, 0.05) is 12.3 Å². The topological polar surface area (TPSA) is 105 Å². The number of ether oxygens (including phenoxy) is 1. The van der Waals surface area contributed by atoms with Crippen molar-refractivity contribution >= 4 is 22.6 Å². The summed E-state index contributed by atoms with van der Waals surface area (Å²) >= 11 is 1.99. The van der Waals surface area contributed by atoms with Crippen molar-refractivity contribution in [1.29, 1.82) is 0 Å². The molecule has 2 heterocycles. The van der Waals surface area contributed by atoms with Crippen LogP contribution in [0.5, 0.6) is 0 Å². The number of alkyl halides is 1. The SMILES string of the molecule is O=c1ccn([C@@H]2O[C@@H]3C(I)[C@]3(O)[C@H]2O)c(=O)[nH]1. The molecule has 1 aromatic rings. The third-order valence-electron chi connectivity index (χ3n) is 3.21. The first-order valence-corrected chi connectivity index (χ1v) is 6.22. The third kappa shape index (κ3) is 1.38. The monoisotopic (exact) mass is 352 g/mol. The van der Waals surface area contributed by atoms with Gasteiger partial charge < -0.3 is 14.9 Å². The zero-order valence-corrected chi connectivity index (χ0v) is 10.6. The minimum absolute atomic E-state index is 0.176. The van der Waals surface area contributed by atoms with Crippen molar-refractivity contribution in [3.05, 3.63) is 33.1 Å². The van der Waals surface area contributed by atoms with Crippen LogP contribution >= 0.6 is 22.6 Å². The van der Waals surface area contributed by atoms with Gasteiger partial charge in [0.05, 0.1) is 3.92 Å². The molecule has 0 spiro atoms. The van der Waals surface area contributed by atoms with Gasteiger partial charge in [-0.1, -0.05) is 22.6 Å². The molecule has 3 N–H and O–H groups in total. The van der Waals surface area contributed by atoms with Gasteiger partial charge in [-0.05, 0) is 0 Å². The number of aromatic nitrogens is 2. The predicted octanol–water partition coefficient (Wildman–Crippen LogP) is -1.66. The Morgan fingerprint density at radius 2 is 2.24 bits per heavy atom. The fourth-order valence-corrected chi connectivity index (χ4v) is 3.39. The molecule has 1 saturated heterocycles. The van der Waals surface area contributed by atoms with Crippen molar-refractivity contribution in [3.63, 3.8) is 0 Å². The lowest BCUT2D eigenvalue weighted by Gasteiger charge is -2.22. The van der Waals surface area contributed by atoms with E-state index in [0.717, 1.165) is 10.6 Å². The van der Waals surface area contributed by atoms with Crippen LogP contribution in [0.1, 0.15) is 6.23 Å². The highest BCUT2D eigenvalue weighted by Crippen LogP contribution is 2.57. The minimum Gasteiger partial charge on any atom is -0.385 e. The van der Waals surface area contributed by atoms with Crippen LogP contribution in [0.4, 0.5) is 0 Å². The molecule has 1 saturated carbocycles. The van der Waals surface area contributed by atoms with Crippen LogP contribution in [0.3, 0.4) is 0 Å². The van der Waals surface area contributed by atoms with E-state index in [1.807, 2.05) is 22.6 Å². The van der Waals surface area contributed by atoms with E-state index in [1.54, 1.807) is 0 Å². The third-order valence-corrected chi connectivity index (χ3v) is 4.86. The van der Waals surface area contributed by atoms with E-state index in [4.69, 9.17) is 4.74 Å². The van der Waals surface area contributed by atoms with Gasteiger partial charge in [0.2, 0.25) is 0 Å². The molecule has 1 unspecified atom stereocenters. The van der Waals surface area contributed by atoms with Gasteiger partial charge in [-0.15, -0.1) is 0 Å². The molecule has 0 radical (unpaired) electrons. The average Bonchev–Trinajstić information content (AvgIpc) is 2.66. The van der Waals surface area contributed by atoms with Crippen LogP contribution < -0.4 is 11.2 Å². The lowest BCUT2D eigenvalue weighted by molar-refractivity contribution is -0.0628. The van der Waals surface area contributed by atoms with Crippen LogP contribution in [0.2, 0.25) is 0 Å². The molecular formula is C9H9IN2O5. The van der Waals surface area contributed by atoms with Crippen LogP contribution in [0.25, 0.3) is 0 Å². The number of rotatable bonds is 1. The summed E-state index contributed by atoms with van der Waals surface area (Å²) in [5, 5.41) is 20.0. The number of nitrogens with zero attached hydrogens (tertiary/aromatic N) is 1. The first-order valence-electron chi connectivity index (χ1n) is 4.97. The number of nitrogens with one attached hydrogen (secondary N) is 1. The Bertz CT molecular complexity index is 583. The fourth-order valence-electron chi connectivity index (χ4n) is 2.13. The molecule has 3 rings (SSSR count). The summed E-state index contributed by atoms with van der Waals surface area (Å²) < 4.78 is 6.30. The standard InChI is InChI=1S/C9H9IN2O5/c10-4-6-9(4,16)5(14)7(17-6)12-2-1-3(13)11-8(12)15/h1-2,4-7,14,16H,(H,11,13,15)/t4?,5-,6+,7+,9-/m0/s1. The maximum absolute atomic E-state index is 11.5. The summed E-state index contributed by atoms with van der Waals surface area (Å²) in [4.78, 5) is 24.5. The second kappa shape index (κ2) is 3.40. The van der Waals surface area contributed by atoms with Crippen LogP contribution in [0.15, 0.2) is 21.9 Å². The van der Waals surface area contributed by atoms with Gasteiger partial charge in [-0.3, -0.25) is 14.3 Å². The van der Waals surface area contributed by atoms with E-state index in [1.165, 1.54) is 6.20 Å². The summed E-state index contributed by atoms with van der Waals surface area (Å²) in [6.45, 7) is 0. The molecule has 2 aliphatic rings. The molecule has 2 fully saturated rings. The number of aliphatic hydroxyl groups is 2. The lowest BCUT2D eigenvalue weighted by Crippen LogP contribution is -2.41. The Kier molecular flexibility index (Phi) is 2.28. The number of hydrogen-bond donors (Lipinski definition) is 3. The summed E-state index contributed by atoms with van der Waals surface area (Å²) in [6, 6.07) is 1.16. The van der Waals surface area contributed by atoms with Gasteiger partial charge in [-0.25, -0.2) is 4.79 Å². The van der Waals surface area contributed by atoms with Gasteiger partial charge in [0.15, 0.2) is 6.23 Å². The second-order valence-electron chi connectivity index (χ2n) is 4.20. The summed E-state index contributed by atoms with van der Waals surface area (Å²) in [5.74, 6) is 0. The molecule has 0 aromatic carbocycles. The average molecular weight is 352 g/mol. The Hall–Kier alpha value is -0.710. The molecular weight excluding hydrogens is 343 g/mol. The number of halogens is 1. The van der Waals surface area contributed by atoms with Crippen LogP contribution in [-0.2, 0) is 4.74 Å². The smallest absolute Gasteiger partial charge is 0.330 e. The van der Waals surface area contributed by atoms with E-state index in [2.05, 4.69) is 4.98 Å². The maximum atomic E-state index is 11.5. The number of aromatic amines is 1. The number of H-pyrrole nitrogens is 1. The van der Waals surface area contributed by atoms with E-state index in [-0.39, 0.29) is 3.92 Å². The highest BCUT2D eigenvalue weighted by molar-refractivity contribution is 14.1. The Morgan fingerprint density at radius 3 is 2.76 bits per heavy atom. The molecule has 17 heavy (non-hydrogen) atoms. The normalized spacial score (nSPS) is 43.5. The molecule has 8 heteroatoms. The second-order valence-corrected chi connectivity index (χ2v) is 5.54. The first-order chi connectivity index (χ1) is 7.96. The lowest BCUT2D eigenvalue weighted by atomic mass is 10.2. The molecule has 0 amide bonds.